The maximum atomic E-state index is 12.3. The van der Waals surface area contributed by atoms with E-state index in [1.807, 2.05) is 13.8 Å². The molecule has 11 aliphatic heterocycles. The third-order valence-electron chi connectivity index (χ3n) is 18.1. The molecule has 1 N–H and O–H groups in total. The van der Waals surface area contributed by atoms with Gasteiger partial charge in [-0.15, -0.1) is 0 Å². The van der Waals surface area contributed by atoms with Gasteiger partial charge in [0.15, 0.2) is 0 Å². The number of ether oxygens (including phenoxy) is 12. The summed E-state index contributed by atoms with van der Waals surface area (Å²) in [5, 5.41) is 11.5. The lowest BCUT2D eigenvalue weighted by Gasteiger charge is -2.60. The van der Waals surface area contributed by atoms with E-state index in [1.165, 1.54) is 7.11 Å². The number of methoxy groups -OCH3 is 1. The molecule has 0 saturated carbocycles. The molecule has 0 radical (unpaired) electrons. The van der Waals surface area contributed by atoms with Gasteiger partial charge in [0, 0.05) is 63.0 Å². The smallest absolute Gasteiger partial charge is 0.333 e. The van der Waals surface area contributed by atoms with E-state index in [0.717, 1.165) is 24.8 Å². The van der Waals surface area contributed by atoms with Crippen LogP contribution in [0.4, 0.5) is 0 Å². The van der Waals surface area contributed by atoms with Crippen LogP contribution in [0.1, 0.15) is 126 Å². The minimum atomic E-state index is -0.949. The van der Waals surface area contributed by atoms with Crippen molar-refractivity contribution < 1.29 is 71.5 Å². The summed E-state index contributed by atoms with van der Waals surface area (Å²) in [6.07, 6.45) is 8.23. The molecule has 0 aromatic carbocycles. The van der Waals surface area contributed by atoms with Crippen molar-refractivity contribution in [1.29, 1.82) is 0 Å². The largest absolute Gasteiger partial charge is 0.466 e. The Labute approximate surface area is 388 Å². The van der Waals surface area contributed by atoms with Crippen molar-refractivity contribution in [3.05, 3.63) is 36.0 Å². The van der Waals surface area contributed by atoms with Gasteiger partial charge in [0.05, 0.1) is 115 Å². The fourth-order valence-corrected chi connectivity index (χ4v) is 14.1. The maximum Gasteiger partial charge on any atom is 0.333 e. The summed E-state index contributed by atoms with van der Waals surface area (Å²) in [6, 6.07) is 0. The first-order valence-electron chi connectivity index (χ1n) is 24.9. The van der Waals surface area contributed by atoms with Crippen LogP contribution in [0.25, 0.3) is 0 Å². The summed E-state index contributed by atoms with van der Waals surface area (Å²) in [7, 11) is 1.33. The van der Waals surface area contributed by atoms with Crippen molar-refractivity contribution >= 4 is 11.9 Å². The Bertz CT molecular complexity index is 2010. The number of rotatable bonds is 3. The number of hydrogen-bond donors (Lipinski definition) is 1. The van der Waals surface area contributed by atoms with Gasteiger partial charge in [0.25, 0.3) is 0 Å². The summed E-state index contributed by atoms with van der Waals surface area (Å²) >= 11 is 0. The van der Waals surface area contributed by atoms with Crippen molar-refractivity contribution in [2.45, 2.75) is 257 Å². The van der Waals surface area contributed by atoms with E-state index >= 15 is 0 Å². The molecule has 0 aromatic heterocycles. The van der Waals surface area contributed by atoms with Crippen molar-refractivity contribution in [1.82, 2.24) is 0 Å². The average molecular weight is 925 g/mol. The standard InChI is InChI=1S/C51H72O15/c1-25-16-31-36(23-49(6)38(59-31)21-35-45(65-49)26(2)17-43(53)61-35)58-30-12-14-48(5)39(62-44(25)30)22-40-50(7,66-48)24-42-47(4,64-40)13-10-11-29-32(60-42)19-34-33(57-29)20-41-51(8,63-34)37(52)18-28(56-41)15-27(3)46(54)55-9/h10-11,17,25,28-42,44-45,52H,3,12-16,18-24H2,1-2,4-9H3/b11-10-/t25-,28-,29-,30+,31+,32+,33+,34-,35+,36-,37+,38-,39+,40-,41-,42-,44-,45-,47+,48-,49+,50+,51+/m1/s1. The van der Waals surface area contributed by atoms with Gasteiger partial charge in [0.1, 0.15) is 23.9 Å². The molecular weight excluding hydrogens is 853 g/mol. The lowest BCUT2D eigenvalue weighted by atomic mass is 9.72. The van der Waals surface area contributed by atoms with Gasteiger partial charge in [-0.05, 0) is 78.7 Å². The quantitative estimate of drug-likeness (QED) is 0.216. The normalized spacial score (nSPS) is 55.5. The predicted octanol–water partition coefficient (Wildman–Crippen LogP) is 5.45. The fourth-order valence-electron chi connectivity index (χ4n) is 14.1. The predicted molar refractivity (Wildman–Crippen MR) is 234 cm³/mol. The van der Waals surface area contributed by atoms with E-state index in [4.69, 9.17) is 56.8 Å². The number of aliphatic hydroxyl groups is 1. The van der Waals surface area contributed by atoms with Crippen molar-refractivity contribution in [3.63, 3.8) is 0 Å². The average Bonchev–Trinajstić information content (AvgIpc) is 3.45. The van der Waals surface area contributed by atoms with E-state index in [1.54, 1.807) is 6.08 Å². The molecule has 0 unspecified atom stereocenters. The first kappa shape index (κ1) is 46.1. The molecule has 11 heterocycles. The summed E-state index contributed by atoms with van der Waals surface area (Å²) in [4.78, 5) is 24.4. The van der Waals surface area contributed by atoms with Crippen LogP contribution < -0.4 is 0 Å². The highest BCUT2D eigenvalue weighted by molar-refractivity contribution is 5.87. The number of carbonyl (C=O) groups excluding carboxylic acids is 2. The van der Waals surface area contributed by atoms with Gasteiger partial charge in [0.2, 0.25) is 0 Å². The van der Waals surface area contributed by atoms with Crippen LogP contribution in [0.3, 0.4) is 0 Å². The van der Waals surface area contributed by atoms with Crippen molar-refractivity contribution in [2.24, 2.45) is 5.92 Å². The molecule has 0 aliphatic carbocycles. The molecule has 0 amide bonds. The minimum Gasteiger partial charge on any atom is -0.466 e. The van der Waals surface area contributed by atoms with E-state index in [9.17, 15) is 14.7 Å². The van der Waals surface area contributed by atoms with E-state index in [0.29, 0.717) is 56.9 Å². The molecule has 15 heteroatoms. The monoisotopic (exact) mass is 924 g/mol. The molecule has 0 aromatic rings. The van der Waals surface area contributed by atoms with Crippen LogP contribution in [-0.4, -0.2) is 156 Å². The van der Waals surface area contributed by atoms with Crippen LogP contribution >= 0.6 is 0 Å². The summed E-state index contributed by atoms with van der Waals surface area (Å²) in [6.45, 7) is 18.7. The molecule has 0 bridgehead atoms. The zero-order chi connectivity index (χ0) is 46.3. The topological polar surface area (TPSA) is 165 Å². The third kappa shape index (κ3) is 7.72. The summed E-state index contributed by atoms with van der Waals surface area (Å²) in [5.41, 5.74) is -2.17. The summed E-state index contributed by atoms with van der Waals surface area (Å²) < 4.78 is 80.6. The number of aliphatic hydroxyl groups excluding tert-OH is 1. The third-order valence-corrected chi connectivity index (χ3v) is 18.1. The molecule has 15 nitrogen and oxygen atoms in total. The molecule has 9 saturated heterocycles. The van der Waals surface area contributed by atoms with Crippen molar-refractivity contribution in [3.8, 4) is 0 Å². The highest BCUT2D eigenvalue weighted by Gasteiger charge is 2.64. The Kier molecular flexibility index (Phi) is 11.5. The Morgan fingerprint density at radius 2 is 1.50 bits per heavy atom. The molecule has 23 atom stereocenters. The lowest BCUT2D eigenvalue weighted by molar-refractivity contribution is -0.356. The van der Waals surface area contributed by atoms with Gasteiger partial charge >= 0.3 is 11.9 Å². The Hall–Kier alpha value is -2.28. The van der Waals surface area contributed by atoms with Crippen LogP contribution in [-0.2, 0) is 66.4 Å². The molecule has 9 fully saturated rings. The second kappa shape index (κ2) is 16.4. The van der Waals surface area contributed by atoms with Gasteiger partial charge in [-0.3, -0.25) is 0 Å². The molecule has 11 rings (SSSR count). The number of carbonyl (C=O) groups is 2. The first-order valence-corrected chi connectivity index (χ1v) is 24.9. The van der Waals surface area contributed by atoms with Gasteiger partial charge in [-0.2, -0.15) is 0 Å². The highest BCUT2D eigenvalue weighted by Crippen LogP contribution is 2.55. The summed E-state index contributed by atoms with van der Waals surface area (Å²) in [5.74, 6) is -0.630. The highest BCUT2D eigenvalue weighted by atomic mass is 16.7. The van der Waals surface area contributed by atoms with Crippen LogP contribution in [0.15, 0.2) is 36.0 Å². The number of hydrogen-bond acceptors (Lipinski definition) is 15. The molecule has 366 valence electrons. The molecule has 0 spiro atoms. The number of fused-ring (bicyclic) bond motifs is 10. The van der Waals surface area contributed by atoms with Gasteiger partial charge < -0.3 is 61.9 Å². The van der Waals surface area contributed by atoms with Crippen molar-refractivity contribution in [2.75, 3.05) is 7.11 Å². The first-order chi connectivity index (χ1) is 31.3. The second-order valence-corrected chi connectivity index (χ2v) is 23.0. The maximum absolute atomic E-state index is 12.3. The molecule has 66 heavy (non-hydrogen) atoms. The second-order valence-electron chi connectivity index (χ2n) is 23.0. The van der Waals surface area contributed by atoms with Crippen LogP contribution in [0.2, 0.25) is 0 Å². The Balaban J connectivity index is 0.768. The number of esters is 2. The van der Waals surface area contributed by atoms with E-state index < -0.39 is 52.3 Å². The Morgan fingerprint density at radius 1 is 0.742 bits per heavy atom. The Morgan fingerprint density at radius 3 is 2.30 bits per heavy atom. The molecular formula is C51H72O15. The minimum absolute atomic E-state index is 0.120. The van der Waals surface area contributed by atoms with E-state index in [2.05, 4.69) is 53.3 Å². The molecule has 11 aliphatic rings. The fraction of sp³-hybridized carbons (Fsp3) is 0.843. The van der Waals surface area contributed by atoms with Crippen LogP contribution in [0, 0.1) is 5.92 Å². The SMILES string of the molecule is C=C(C[C@@H]1C[C@H](O)[C@]2(C)O[C@@H]3C[C@@H]4O[C@@H]5C[C@]6(C)O[C@]7(C)CC[C@@H]8O[C@@H]9C[C@]%10(C)O[C@@H]%11C(C)=CC(=O)O[C@H]%11C[C@H]%10O[C@H]9C[C@@H](C)[C@H]8O[C@H]7C[C@H]6O[C@@]5(C)C/C=C\[C@H]4O[C@H]3C[C@H]2O1)C(=O)OC. The zero-order valence-electron chi connectivity index (χ0n) is 40.0. The van der Waals surface area contributed by atoms with Crippen LogP contribution in [0.5, 0.6) is 0 Å². The van der Waals surface area contributed by atoms with Gasteiger partial charge in [-0.1, -0.05) is 25.7 Å². The zero-order valence-corrected chi connectivity index (χ0v) is 40.0. The lowest BCUT2D eigenvalue weighted by Crippen LogP contribution is -2.70. The van der Waals surface area contributed by atoms with E-state index in [-0.39, 0.29) is 104 Å². The van der Waals surface area contributed by atoms with Gasteiger partial charge in [-0.25, -0.2) is 9.59 Å².